The normalized spacial score (nSPS) is 10.6. The van der Waals surface area contributed by atoms with Gasteiger partial charge in [0, 0.05) is 23.2 Å². The summed E-state index contributed by atoms with van der Waals surface area (Å²) in [4.78, 5) is 13.3. The van der Waals surface area contributed by atoms with E-state index in [1.807, 2.05) is 37.1 Å². The van der Waals surface area contributed by atoms with Gasteiger partial charge in [-0.1, -0.05) is 22.0 Å². The van der Waals surface area contributed by atoms with Crippen LogP contribution in [0.3, 0.4) is 0 Å². The molecule has 0 fully saturated rings. The second kappa shape index (κ2) is 6.61. The van der Waals surface area contributed by atoms with Crippen LogP contribution in [0, 0.1) is 0 Å². The van der Waals surface area contributed by atoms with E-state index >= 15 is 0 Å². The largest absolute Gasteiger partial charge is 0.398 e. The molecule has 0 radical (unpaired) electrons. The molecular weight excluding hydrogens is 282 g/mol. The number of nitrogens with two attached hydrogens (primary N) is 1. The van der Waals surface area contributed by atoms with E-state index in [0.717, 1.165) is 15.7 Å². The van der Waals surface area contributed by atoms with Gasteiger partial charge >= 0.3 is 0 Å². The number of anilines is 1. The topological polar surface area (TPSA) is 58.4 Å². The van der Waals surface area contributed by atoms with Crippen LogP contribution in [0.4, 0.5) is 5.69 Å². The summed E-state index contributed by atoms with van der Waals surface area (Å²) < 4.78 is 0.963. The van der Waals surface area contributed by atoms with E-state index in [0.29, 0.717) is 19.6 Å². The molecule has 0 heterocycles. The lowest BCUT2D eigenvalue weighted by Crippen LogP contribution is -2.34. The van der Waals surface area contributed by atoms with E-state index < -0.39 is 0 Å². The van der Waals surface area contributed by atoms with Crippen molar-refractivity contribution in [1.29, 1.82) is 0 Å². The molecule has 0 saturated carbocycles. The highest BCUT2D eigenvalue weighted by molar-refractivity contribution is 9.10. The van der Waals surface area contributed by atoms with Crippen molar-refractivity contribution in [2.24, 2.45) is 0 Å². The first-order chi connectivity index (χ1) is 8.02. The second-order valence-electron chi connectivity index (χ2n) is 3.97. The van der Waals surface area contributed by atoms with E-state index in [4.69, 9.17) is 5.73 Å². The lowest BCUT2D eigenvalue weighted by molar-refractivity contribution is -0.121. The van der Waals surface area contributed by atoms with Crippen LogP contribution in [0.25, 0.3) is 0 Å². The molecule has 5 heteroatoms. The van der Waals surface area contributed by atoms with E-state index in [1.165, 1.54) is 0 Å². The highest BCUT2D eigenvalue weighted by Gasteiger charge is 2.08. The Labute approximate surface area is 110 Å². The SMILES string of the molecule is CCNC(=O)CN(C)Cc1ccc(Br)cc1N. The van der Waals surface area contributed by atoms with Crippen molar-refractivity contribution in [1.82, 2.24) is 10.2 Å². The zero-order chi connectivity index (χ0) is 12.8. The Bertz CT molecular complexity index is 395. The van der Waals surface area contributed by atoms with Gasteiger partial charge in [-0.05, 0) is 31.7 Å². The molecule has 3 N–H and O–H groups in total. The van der Waals surface area contributed by atoms with Crippen molar-refractivity contribution in [3.63, 3.8) is 0 Å². The Balaban J connectivity index is 2.55. The number of hydrogen-bond acceptors (Lipinski definition) is 3. The Morgan fingerprint density at radius 1 is 1.53 bits per heavy atom. The summed E-state index contributed by atoms with van der Waals surface area (Å²) in [5.74, 6) is 0.0330. The fourth-order valence-electron chi connectivity index (χ4n) is 1.55. The third-order valence-electron chi connectivity index (χ3n) is 2.34. The van der Waals surface area contributed by atoms with Crippen LogP contribution >= 0.6 is 15.9 Å². The Morgan fingerprint density at radius 2 is 2.24 bits per heavy atom. The van der Waals surface area contributed by atoms with Crippen molar-refractivity contribution in [3.05, 3.63) is 28.2 Å². The molecule has 1 amide bonds. The number of nitrogen functional groups attached to an aromatic ring is 1. The average molecular weight is 300 g/mol. The molecule has 0 spiro atoms. The standard InChI is InChI=1S/C12H18BrN3O/c1-3-15-12(17)8-16(2)7-9-4-5-10(13)6-11(9)14/h4-6H,3,7-8,14H2,1-2H3,(H,15,17). The summed E-state index contributed by atoms with van der Waals surface area (Å²) in [5, 5.41) is 2.77. The minimum absolute atomic E-state index is 0.0330. The molecular formula is C12H18BrN3O. The fraction of sp³-hybridized carbons (Fsp3) is 0.417. The third-order valence-corrected chi connectivity index (χ3v) is 2.83. The smallest absolute Gasteiger partial charge is 0.234 e. The number of rotatable bonds is 5. The number of likely N-dealkylation sites (N-methyl/N-ethyl adjacent to an activating group) is 2. The van der Waals surface area contributed by atoms with Gasteiger partial charge in [-0.3, -0.25) is 9.69 Å². The number of carbonyl (C=O) groups is 1. The summed E-state index contributed by atoms with van der Waals surface area (Å²) >= 11 is 3.37. The molecule has 0 atom stereocenters. The maximum absolute atomic E-state index is 11.4. The number of hydrogen-bond donors (Lipinski definition) is 2. The second-order valence-corrected chi connectivity index (χ2v) is 4.88. The molecule has 0 unspecified atom stereocenters. The van der Waals surface area contributed by atoms with Crippen molar-refractivity contribution >= 4 is 27.5 Å². The molecule has 1 rings (SSSR count). The van der Waals surface area contributed by atoms with Crippen LogP contribution in [-0.2, 0) is 11.3 Å². The van der Waals surface area contributed by atoms with E-state index in [1.54, 1.807) is 0 Å². The van der Waals surface area contributed by atoms with Crippen LogP contribution in [-0.4, -0.2) is 30.9 Å². The molecule has 4 nitrogen and oxygen atoms in total. The maximum Gasteiger partial charge on any atom is 0.234 e. The summed E-state index contributed by atoms with van der Waals surface area (Å²) in [7, 11) is 1.90. The van der Waals surface area contributed by atoms with Gasteiger partial charge in [-0.25, -0.2) is 0 Å². The van der Waals surface area contributed by atoms with E-state index in [2.05, 4.69) is 21.2 Å². The molecule has 1 aromatic rings. The Hall–Kier alpha value is -1.07. The van der Waals surface area contributed by atoms with Gasteiger partial charge in [0.25, 0.3) is 0 Å². The highest BCUT2D eigenvalue weighted by atomic mass is 79.9. The molecule has 0 bridgehead atoms. The van der Waals surface area contributed by atoms with Crippen LogP contribution in [0.15, 0.2) is 22.7 Å². The van der Waals surface area contributed by atoms with Crippen LogP contribution in [0.5, 0.6) is 0 Å². The summed E-state index contributed by atoms with van der Waals surface area (Å²) in [6, 6.07) is 5.79. The lowest BCUT2D eigenvalue weighted by Gasteiger charge is -2.17. The van der Waals surface area contributed by atoms with Gasteiger partial charge in [-0.2, -0.15) is 0 Å². The van der Waals surface area contributed by atoms with Crippen molar-refractivity contribution in [2.45, 2.75) is 13.5 Å². The Kier molecular flexibility index (Phi) is 5.44. The monoisotopic (exact) mass is 299 g/mol. The summed E-state index contributed by atoms with van der Waals surface area (Å²) in [5.41, 5.74) is 7.67. The van der Waals surface area contributed by atoms with E-state index in [9.17, 15) is 4.79 Å². The van der Waals surface area contributed by atoms with Gasteiger partial charge in [0.05, 0.1) is 6.54 Å². The quantitative estimate of drug-likeness (QED) is 0.812. The zero-order valence-corrected chi connectivity index (χ0v) is 11.8. The molecule has 94 valence electrons. The maximum atomic E-state index is 11.4. The number of nitrogens with zero attached hydrogens (tertiary/aromatic N) is 1. The number of carbonyl (C=O) groups excluding carboxylic acids is 1. The third kappa shape index (κ3) is 4.75. The van der Waals surface area contributed by atoms with Crippen LogP contribution in [0.2, 0.25) is 0 Å². The van der Waals surface area contributed by atoms with Gasteiger partial charge in [0.2, 0.25) is 5.91 Å². The van der Waals surface area contributed by atoms with Crippen LogP contribution < -0.4 is 11.1 Å². The lowest BCUT2D eigenvalue weighted by atomic mass is 10.2. The highest BCUT2D eigenvalue weighted by Crippen LogP contribution is 2.19. The predicted octanol–water partition coefficient (Wildman–Crippen LogP) is 1.60. The molecule has 17 heavy (non-hydrogen) atoms. The van der Waals surface area contributed by atoms with Crippen molar-refractivity contribution in [3.8, 4) is 0 Å². The molecule has 0 aromatic heterocycles. The first-order valence-corrected chi connectivity index (χ1v) is 6.31. The zero-order valence-electron chi connectivity index (χ0n) is 10.2. The minimum atomic E-state index is 0.0330. The van der Waals surface area contributed by atoms with Crippen molar-refractivity contribution < 1.29 is 4.79 Å². The molecule has 0 aliphatic carbocycles. The van der Waals surface area contributed by atoms with Gasteiger partial charge in [-0.15, -0.1) is 0 Å². The van der Waals surface area contributed by atoms with Gasteiger partial charge in [0.15, 0.2) is 0 Å². The first kappa shape index (κ1) is 14.0. The van der Waals surface area contributed by atoms with E-state index in [-0.39, 0.29) is 5.91 Å². The number of benzene rings is 1. The molecule has 1 aromatic carbocycles. The average Bonchev–Trinajstić information content (AvgIpc) is 2.22. The molecule has 0 aliphatic heterocycles. The summed E-state index contributed by atoms with van der Waals surface area (Å²) in [6.07, 6.45) is 0. The predicted molar refractivity (Wildman–Crippen MR) is 73.6 cm³/mol. The fourth-order valence-corrected chi connectivity index (χ4v) is 1.93. The van der Waals surface area contributed by atoms with Gasteiger partial charge < -0.3 is 11.1 Å². The number of halogens is 1. The van der Waals surface area contributed by atoms with Gasteiger partial charge in [0.1, 0.15) is 0 Å². The van der Waals surface area contributed by atoms with Crippen LogP contribution in [0.1, 0.15) is 12.5 Å². The number of amides is 1. The summed E-state index contributed by atoms with van der Waals surface area (Å²) in [6.45, 7) is 3.61. The molecule has 0 aliphatic rings. The Morgan fingerprint density at radius 3 is 2.82 bits per heavy atom. The first-order valence-electron chi connectivity index (χ1n) is 5.52. The van der Waals surface area contributed by atoms with Crippen molar-refractivity contribution in [2.75, 3.05) is 25.9 Å². The molecule has 0 saturated heterocycles. The number of nitrogens with one attached hydrogen (secondary N) is 1. The minimum Gasteiger partial charge on any atom is -0.398 e.